The van der Waals surface area contributed by atoms with Crippen molar-refractivity contribution in [3.8, 4) is 11.1 Å². The van der Waals surface area contributed by atoms with Crippen LogP contribution in [0.15, 0.2) is 66.9 Å². The average molecular weight is 484 g/mol. The molecule has 1 atom stereocenters. The number of carbonyl (C=O) groups excluding carboxylic acids is 3. The minimum Gasteiger partial charge on any atom is -0.449 e. The number of hydrogen-bond acceptors (Lipinski definition) is 5. The summed E-state index contributed by atoms with van der Waals surface area (Å²) in [5, 5.41) is 0. The normalized spacial score (nSPS) is 18.8. The number of fused-ring (bicyclic) bond motifs is 2. The summed E-state index contributed by atoms with van der Waals surface area (Å²) in [6, 6.07) is 18.9. The van der Waals surface area contributed by atoms with Crippen LogP contribution in [0.5, 0.6) is 0 Å². The van der Waals surface area contributed by atoms with Gasteiger partial charge in [0.15, 0.2) is 5.60 Å². The summed E-state index contributed by atoms with van der Waals surface area (Å²) in [5.41, 5.74) is 3.09. The Bertz CT molecular complexity index is 1350. The number of benzene rings is 2. The number of amides is 2. The van der Waals surface area contributed by atoms with Gasteiger partial charge in [-0.2, -0.15) is 0 Å². The lowest BCUT2D eigenvalue weighted by molar-refractivity contribution is -0.136. The molecule has 2 amide bonds. The van der Waals surface area contributed by atoms with Gasteiger partial charge in [0.05, 0.1) is 17.5 Å². The molecule has 2 aliphatic heterocycles. The van der Waals surface area contributed by atoms with Gasteiger partial charge in [0.2, 0.25) is 5.91 Å². The van der Waals surface area contributed by atoms with Gasteiger partial charge < -0.3 is 14.5 Å². The number of ether oxygens (including phenoxy) is 1. The largest absolute Gasteiger partial charge is 0.449 e. The van der Waals surface area contributed by atoms with E-state index in [4.69, 9.17) is 4.74 Å². The zero-order valence-electron chi connectivity index (χ0n) is 20.9. The van der Waals surface area contributed by atoms with Crippen LogP contribution in [-0.2, 0) is 20.5 Å². The van der Waals surface area contributed by atoms with E-state index in [2.05, 4.69) is 4.98 Å². The van der Waals surface area contributed by atoms with Crippen molar-refractivity contribution in [2.45, 2.75) is 31.3 Å². The number of hydrogen-bond donors (Lipinski definition) is 0. The molecule has 0 aliphatic carbocycles. The van der Waals surface area contributed by atoms with Crippen LogP contribution in [0, 0.1) is 0 Å². The maximum atomic E-state index is 13.7. The van der Waals surface area contributed by atoms with Crippen LogP contribution in [0.2, 0.25) is 0 Å². The van der Waals surface area contributed by atoms with Crippen molar-refractivity contribution in [1.29, 1.82) is 0 Å². The second-order valence-electron chi connectivity index (χ2n) is 10.2. The van der Waals surface area contributed by atoms with Crippen LogP contribution in [0.4, 0.5) is 0 Å². The Balaban J connectivity index is 1.32. The average Bonchev–Trinajstić information content (AvgIpc) is 3.44. The zero-order valence-corrected chi connectivity index (χ0v) is 20.9. The van der Waals surface area contributed by atoms with Crippen LogP contribution in [0.25, 0.3) is 11.1 Å². The number of esters is 1. The molecule has 0 radical (unpaired) electrons. The van der Waals surface area contributed by atoms with Crippen molar-refractivity contribution < 1.29 is 19.1 Å². The van der Waals surface area contributed by atoms with Crippen molar-refractivity contribution in [3.63, 3.8) is 0 Å². The quantitative estimate of drug-likeness (QED) is 0.524. The molecule has 1 fully saturated rings. The third kappa shape index (κ3) is 3.85. The highest BCUT2D eigenvalue weighted by molar-refractivity contribution is 5.95. The van der Waals surface area contributed by atoms with E-state index in [1.807, 2.05) is 67.3 Å². The van der Waals surface area contributed by atoms with E-state index < -0.39 is 11.0 Å². The summed E-state index contributed by atoms with van der Waals surface area (Å²) in [6.07, 6.45) is 2.28. The molecule has 3 aromatic rings. The maximum Gasteiger partial charge on any atom is 0.339 e. The first-order valence-electron chi connectivity index (χ1n) is 12.0. The summed E-state index contributed by atoms with van der Waals surface area (Å²) in [6.45, 7) is 4.74. The summed E-state index contributed by atoms with van der Waals surface area (Å²) in [5.74, 6) is -0.458. The van der Waals surface area contributed by atoms with Crippen molar-refractivity contribution in [3.05, 3.63) is 89.2 Å². The summed E-state index contributed by atoms with van der Waals surface area (Å²) in [7, 11) is 3.39. The molecular formula is C29H29N3O4. The Labute approximate surface area is 210 Å². The molecule has 184 valence electrons. The van der Waals surface area contributed by atoms with Gasteiger partial charge in [0.25, 0.3) is 5.91 Å². The summed E-state index contributed by atoms with van der Waals surface area (Å²) in [4.78, 5) is 45.7. The fraction of sp³-hybridized carbons (Fsp3) is 0.310. The van der Waals surface area contributed by atoms with Crippen LogP contribution >= 0.6 is 0 Å². The fourth-order valence-electron chi connectivity index (χ4n) is 5.12. The standard InChI is InChI=1S/C29H29N3O4/c1-28(2,21-12-9-19(10-13-21)20-11-14-24(30-17-20)25(33)31(3)4)27(35)32-16-15-29(18-32)23-8-6-5-7-22(23)26(34)36-29/h5-14,17H,15-16,18H2,1-4H3/t29-/m0/s1. The number of carbonyl (C=O) groups is 3. The molecule has 1 aromatic heterocycles. The van der Waals surface area contributed by atoms with E-state index in [9.17, 15) is 14.4 Å². The molecule has 0 bridgehead atoms. The minimum absolute atomic E-state index is 0.000715. The Morgan fingerprint density at radius 3 is 2.36 bits per heavy atom. The first-order valence-corrected chi connectivity index (χ1v) is 12.0. The first kappa shape index (κ1) is 23.7. The molecule has 7 nitrogen and oxygen atoms in total. The SMILES string of the molecule is CN(C)C(=O)c1ccc(-c2ccc(C(C)(C)C(=O)N3CC[C@@]4(C3)OC(=O)c3ccccc34)cc2)cn1. The van der Waals surface area contributed by atoms with Gasteiger partial charge in [-0.25, -0.2) is 4.79 Å². The minimum atomic E-state index is -0.758. The molecule has 0 N–H and O–H groups in total. The van der Waals surface area contributed by atoms with Crippen LogP contribution < -0.4 is 0 Å². The maximum absolute atomic E-state index is 13.7. The molecule has 0 saturated carbocycles. The lowest BCUT2D eigenvalue weighted by Gasteiger charge is -2.31. The van der Waals surface area contributed by atoms with E-state index in [0.717, 1.165) is 22.3 Å². The number of aromatic nitrogens is 1. The Morgan fingerprint density at radius 1 is 1.00 bits per heavy atom. The van der Waals surface area contributed by atoms with Gasteiger partial charge in [-0.15, -0.1) is 0 Å². The van der Waals surface area contributed by atoms with Crippen LogP contribution in [0.1, 0.15) is 52.2 Å². The molecule has 1 saturated heterocycles. The molecule has 3 heterocycles. The van der Waals surface area contributed by atoms with Gasteiger partial charge in [0.1, 0.15) is 5.69 Å². The van der Waals surface area contributed by atoms with E-state index in [0.29, 0.717) is 30.8 Å². The molecular weight excluding hydrogens is 454 g/mol. The molecule has 1 spiro atoms. The van der Waals surface area contributed by atoms with Crippen molar-refractivity contribution in [2.24, 2.45) is 0 Å². The molecule has 2 aliphatic rings. The van der Waals surface area contributed by atoms with Crippen molar-refractivity contribution >= 4 is 17.8 Å². The molecule has 2 aromatic carbocycles. The van der Waals surface area contributed by atoms with Crippen LogP contribution in [0.3, 0.4) is 0 Å². The molecule has 5 rings (SSSR count). The number of rotatable bonds is 4. The van der Waals surface area contributed by atoms with Crippen molar-refractivity contribution in [1.82, 2.24) is 14.8 Å². The van der Waals surface area contributed by atoms with E-state index in [-0.39, 0.29) is 17.8 Å². The monoisotopic (exact) mass is 483 g/mol. The first-order chi connectivity index (χ1) is 17.1. The molecule has 7 heteroatoms. The third-order valence-corrected chi connectivity index (χ3v) is 7.31. The predicted octanol–water partition coefficient (Wildman–Crippen LogP) is 4.03. The lowest BCUT2D eigenvalue weighted by atomic mass is 9.82. The van der Waals surface area contributed by atoms with Crippen LogP contribution in [-0.4, -0.2) is 59.8 Å². The second-order valence-corrected chi connectivity index (χ2v) is 10.2. The molecule has 36 heavy (non-hydrogen) atoms. The number of likely N-dealkylation sites (tertiary alicyclic amines) is 1. The zero-order chi connectivity index (χ0) is 25.7. The second kappa shape index (κ2) is 8.59. The summed E-state index contributed by atoms with van der Waals surface area (Å²) < 4.78 is 5.82. The number of pyridine rings is 1. The van der Waals surface area contributed by atoms with Gasteiger partial charge in [0, 0.05) is 44.4 Å². The van der Waals surface area contributed by atoms with E-state index >= 15 is 0 Å². The highest BCUT2D eigenvalue weighted by Crippen LogP contribution is 2.44. The summed E-state index contributed by atoms with van der Waals surface area (Å²) >= 11 is 0. The fourth-order valence-corrected chi connectivity index (χ4v) is 5.12. The third-order valence-electron chi connectivity index (χ3n) is 7.31. The topological polar surface area (TPSA) is 79.8 Å². The van der Waals surface area contributed by atoms with Gasteiger partial charge in [-0.3, -0.25) is 14.6 Å². The Morgan fingerprint density at radius 2 is 1.69 bits per heavy atom. The highest BCUT2D eigenvalue weighted by atomic mass is 16.6. The van der Waals surface area contributed by atoms with Gasteiger partial charge >= 0.3 is 5.97 Å². The predicted molar refractivity (Wildman–Crippen MR) is 135 cm³/mol. The lowest BCUT2D eigenvalue weighted by Crippen LogP contribution is -2.44. The Kier molecular flexibility index (Phi) is 5.66. The number of nitrogens with zero attached hydrogens (tertiary/aromatic N) is 3. The van der Waals surface area contributed by atoms with Gasteiger partial charge in [-0.1, -0.05) is 48.5 Å². The molecule has 0 unspecified atom stereocenters. The highest BCUT2D eigenvalue weighted by Gasteiger charge is 2.52. The van der Waals surface area contributed by atoms with E-state index in [1.54, 1.807) is 32.4 Å². The smallest absolute Gasteiger partial charge is 0.339 e. The van der Waals surface area contributed by atoms with Crippen molar-refractivity contribution in [2.75, 3.05) is 27.2 Å². The Hall–Kier alpha value is -4.00. The van der Waals surface area contributed by atoms with E-state index in [1.165, 1.54) is 4.90 Å². The van der Waals surface area contributed by atoms with Gasteiger partial charge in [-0.05, 0) is 37.1 Å².